The number of piperazine rings is 1. The molecule has 3 heterocycles. The molecule has 3 fully saturated rings. The van der Waals surface area contributed by atoms with Crippen molar-refractivity contribution in [1.82, 2.24) is 14.4 Å². The Hall–Kier alpha value is -5.05. The van der Waals surface area contributed by atoms with Crippen LogP contribution in [0.15, 0.2) is 52.3 Å². The van der Waals surface area contributed by atoms with Crippen LogP contribution < -0.4 is 10.3 Å². The van der Waals surface area contributed by atoms with Gasteiger partial charge in [0.25, 0.3) is 16.8 Å². The number of thioether (sulfide) groups is 1. The first-order chi connectivity index (χ1) is 22.0. The topological polar surface area (TPSA) is 163 Å². The number of anilines is 1. The van der Waals surface area contributed by atoms with Gasteiger partial charge in [-0.3, -0.25) is 34.2 Å². The van der Waals surface area contributed by atoms with Crippen molar-refractivity contribution in [2.45, 2.75) is 31.7 Å². The van der Waals surface area contributed by atoms with Gasteiger partial charge in [-0.2, -0.15) is 0 Å². The van der Waals surface area contributed by atoms with Gasteiger partial charge in [-0.15, -0.1) is 0 Å². The number of halogens is 1. The number of carbonyl (C=O) groups excluding carboxylic acids is 3. The highest BCUT2D eigenvalue weighted by Gasteiger charge is 2.35. The van der Waals surface area contributed by atoms with E-state index in [1.807, 2.05) is 0 Å². The molecule has 0 atom stereocenters. The number of carboxylic acid groups (broad SMARTS) is 1. The summed E-state index contributed by atoms with van der Waals surface area (Å²) in [5.41, 5.74) is 0.0803. The van der Waals surface area contributed by atoms with Crippen LogP contribution in [0.25, 0.3) is 17.0 Å². The summed E-state index contributed by atoms with van der Waals surface area (Å²) >= 11 is 0.771. The minimum atomic E-state index is -1.36. The summed E-state index contributed by atoms with van der Waals surface area (Å²) in [6.07, 6.45) is 4.87. The van der Waals surface area contributed by atoms with Crippen LogP contribution in [-0.4, -0.2) is 80.1 Å². The molecule has 0 spiro atoms. The first-order valence-corrected chi connectivity index (χ1v) is 15.5. The third kappa shape index (κ3) is 6.09. The molecule has 2 aliphatic heterocycles. The number of nitro groups is 1. The van der Waals surface area contributed by atoms with E-state index in [0.717, 1.165) is 35.6 Å². The minimum absolute atomic E-state index is 0.0178. The van der Waals surface area contributed by atoms with Crippen molar-refractivity contribution in [1.29, 1.82) is 0 Å². The van der Waals surface area contributed by atoms with E-state index in [1.165, 1.54) is 36.5 Å². The SMILES string of the molecule is O=C(O)c1cn(C2CC2)c2cc(N3CCN(C(=O)CCCN4C(=O)S/C(=C\c5ccc([N+](=O)[O-])cc5)C4=O)CC3)c(F)cc2c1=O. The maximum absolute atomic E-state index is 15.3. The van der Waals surface area contributed by atoms with Crippen LogP contribution in [-0.2, 0) is 9.59 Å². The van der Waals surface area contributed by atoms with Gasteiger partial charge in [0.15, 0.2) is 0 Å². The number of fused-ring (bicyclic) bond motifs is 1. The normalized spacial score (nSPS) is 17.8. The van der Waals surface area contributed by atoms with Crippen molar-refractivity contribution in [2.75, 3.05) is 37.6 Å². The summed E-state index contributed by atoms with van der Waals surface area (Å²) < 4.78 is 17.0. The molecule has 6 rings (SSSR count). The maximum atomic E-state index is 15.3. The fourth-order valence-corrected chi connectivity index (χ4v) is 6.55. The maximum Gasteiger partial charge on any atom is 0.341 e. The van der Waals surface area contributed by atoms with Crippen LogP contribution in [0.1, 0.15) is 47.6 Å². The number of rotatable bonds is 9. The zero-order valence-corrected chi connectivity index (χ0v) is 25.2. The highest BCUT2D eigenvalue weighted by Crippen LogP contribution is 2.38. The molecular formula is C31H28FN5O8S. The van der Waals surface area contributed by atoms with Crippen LogP contribution in [0.4, 0.5) is 20.6 Å². The van der Waals surface area contributed by atoms with E-state index in [1.54, 1.807) is 20.4 Å². The molecule has 0 unspecified atom stereocenters. The highest BCUT2D eigenvalue weighted by atomic mass is 32.2. The van der Waals surface area contributed by atoms with Gasteiger partial charge in [0.2, 0.25) is 11.3 Å². The van der Waals surface area contributed by atoms with E-state index in [-0.39, 0.29) is 53.0 Å². The minimum Gasteiger partial charge on any atom is -0.477 e. The van der Waals surface area contributed by atoms with Crippen LogP contribution in [0.3, 0.4) is 0 Å². The standard InChI is InChI=1S/C31H28FN5O8S/c32-23-15-21-24(36(19-7-8-19)17-22(28(21)39)30(41)42)16-25(23)33-10-12-34(13-11-33)27(38)2-1-9-35-29(40)26(46-31(35)43)14-18-3-5-20(6-4-18)37(44)45/h3-6,14-17,19H,1-2,7-13H2,(H,41,42)/b26-14-. The van der Waals surface area contributed by atoms with Gasteiger partial charge < -0.3 is 19.5 Å². The molecule has 1 N–H and O–H groups in total. The average molecular weight is 650 g/mol. The van der Waals surface area contributed by atoms with Gasteiger partial charge in [-0.25, -0.2) is 9.18 Å². The number of non-ortho nitro benzene ring substituents is 1. The van der Waals surface area contributed by atoms with Crippen molar-refractivity contribution in [3.05, 3.63) is 84.8 Å². The first-order valence-electron chi connectivity index (χ1n) is 14.7. The second-order valence-electron chi connectivity index (χ2n) is 11.3. The van der Waals surface area contributed by atoms with E-state index in [2.05, 4.69) is 0 Å². The van der Waals surface area contributed by atoms with Crippen LogP contribution >= 0.6 is 11.8 Å². The van der Waals surface area contributed by atoms with Gasteiger partial charge in [0.05, 0.1) is 21.0 Å². The summed E-state index contributed by atoms with van der Waals surface area (Å²) in [6.45, 7) is 1.38. The van der Waals surface area contributed by atoms with E-state index in [4.69, 9.17) is 0 Å². The molecule has 13 nitrogen and oxygen atoms in total. The van der Waals surface area contributed by atoms with Crippen molar-refractivity contribution >= 4 is 63.1 Å². The Morgan fingerprint density at radius 3 is 2.39 bits per heavy atom. The lowest BCUT2D eigenvalue weighted by atomic mass is 10.1. The molecule has 3 aromatic rings. The Balaban J connectivity index is 1.05. The Bertz CT molecular complexity index is 1880. The van der Waals surface area contributed by atoms with Gasteiger partial charge in [0.1, 0.15) is 11.4 Å². The molecule has 1 saturated carbocycles. The Morgan fingerprint density at radius 1 is 1.07 bits per heavy atom. The second kappa shape index (κ2) is 12.4. The number of carboxylic acids is 1. The third-order valence-corrected chi connectivity index (χ3v) is 9.20. The molecule has 2 saturated heterocycles. The lowest BCUT2D eigenvalue weighted by Gasteiger charge is -2.36. The van der Waals surface area contributed by atoms with E-state index in [9.17, 15) is 39.2 Å². The fourth-order valence-electron chi connectivity index (χ4n) is 5.69. The molecule has 2 aromatic carbocycles. The summed E-state index contributed by atoms with van der Waals surface area (Å²) in [6, 6.07) is 8.33. The van der Waals surface area contributed by atoms with Crippen LogP contribution in [0.5, 0.6) is 0 Å². The van der Waals surface area contributed by atoms with Crippen LogP contribution in [0, 0.1) is 15.9 Å². The molecule has 238 valence electrons. The van der Waals surface area contributed by atoms with Gasteiger partial charge >= 0.3 is 5.97 Å². The summed E-state index contributed by atoms with van der Waals surface area (Å²) in [5.74, 6) is -2.65. The summed E-state index contributed by atoms with van der Waals surface area (Å²) in [7, 11) is 0. The number of carbonyl (C=O) groups is 4. The Labute approximate surface area is 265 Å². The quantitative estimate of drug-likeness (QED) is 0.201. The number of aromatic nitrogens is 1. The highest BCUT2D eigenvalue weighted by molar-refractivity contribution is 8.18. The monoisotopic (exact) mass is 649 g/mol. The predicted octanol–water partition coefficient (Wildman–Crippen LogP) is 4.25. The average Bonchev–Trinajstić information content (AvgIpc) is 3.84. The molecule has 1 aliphatic carbocycles. The molecule has 3 amide bonds. The van der Waals surface area contributed by atoms with Crippen molar-refractivity contribution < 1.29 is 33.6 Å². The second-order valence-corrected chi connectivity index (χ2v) is 12.3. The van der Waals surface area contributed by atoms with E-state index < -0.39 is 38.8 Å². The van der Waals surface area contributed by atoms with E-state index in [0.29, 0.717) is 37.3 Å². The number of benzene rings is 2. The van der Waals surface area contributed by atoms with Gasteiger partial charge in [-0.1, -0.05) is 0 Å². The molecule has 15 heteroatoms. The van der Waals surface area contributed by atoms with Crippen molar-refractivity contribution in [3.63, 3.8) is 0 Å². The molecule has 46 heavy (non-hydrogen) atoms. The van der Waals surface area contributed by atoms with Gasteiger partial charge in [-0.05, 0) is 66.9 Å². The number of pyridine rings is 1. The molecular weight excluding hydrogens is 621 g/mol. The Morgan fingerprint density at radius 2 is 1.76 bits per heavy atom. The lowest BCUT2D eigenvalue weighted by Crippen LogP contribution is -2.49. The molecule has 0 bridgehead atoms. The number of nitrogens with zero attached hydrogens (tertiary/aromatic N) is 5. The summed E-state index contributed by atoms with van der Waals surface area (Å²) in [4.78, 5) is 77.6. The van der Waals surface area contributed by atoms with Crippen LogP contribution in [0.2, 0.25) is 0 Å². The predicted molar refractivity (Wildman–Crippen MR) is 167 cm³/mol. The third-order valence-electron chi connectivity index (χ3n) is 8.29. The van der Waals surface area contributed by atoms with Crippen molar-refractivity contribution in [2.24, 2.45) is 0 Å². The zero-order valence-electron chi connectivity index (χ0n) is 24.4. The zero-order chi connectivity index (χ0) is 32.7. The number of aromatic carboxylic acids is 1. The molecule has 3 aliphatic rings. The number of imide groups is 1. The first kappa shape index (κ1) is 31.0. The Kier molecular flexibility index (Phi) is 8.34. The van der Waals surface area contributed by atoms with E-state index >= 15 is 4.39 Å². The summed E-state index contributed by atoms with van der Waals surface area (Å²) in [5, 5.41) is 19.9. The molecule has 1 aromatic heterocycles. The number of amides is 3. The largest absolute Gasteiger partial charge is 0.477 e. The fraction of sp³-hybridized carbons (Fsp3) is 0.323. The molecule has 0 radical (unpaired) electrons. The number of hydrogen-bond donors (Lipinski definition) is 1. The van der Waals surface area contributed by atoms with Crippen molar-refractivity contribution in [3.8, 4) is 0 Å². The smallest absolute Gasteiger partial charge is 0.341 e. The van der Waals surface area contributed by atoms with Gasteiger partial charge in [0, 0.05) is 68.9 Å². The lowest BCUT2D eigenvalue weighted by molar-refractivity contribution is -0.384. The number of nitro benzene ring substituents is 1. The number of hydrogen-bond acceptors (Lipinski definition) is 9.